The van der Waals surface area contributed by atoms with Crippen LogP contribution in [0.15, 0.2) is 60.1 Å². The molecular weight excluding hydrogens is 488 g/mol. The van der Waals surface area contributed by atoms with Crippen LogP contribution in [0.25, 0.3) is 22.0 Å². The molecule has 0 spiro atoms. The van der Waals surface area contributed by atoms with Gasteiger partial charge >= 0.3 is 0 Å². The van der Waals surface area contributed by atoms with Crippen molar-refractivity contribution in [1.82, 2.24) is 25.2 Å². The van der Waals surface area contributed by atoms with Gasteiger partial charge in [0.25, 0.3) is 11.8 Å². The highest BCUT2D eigenvalue weighted by molar-refractivity contribution is 7.13. The number of carbonyl (C=O) groups is 2. The Morgan fingerprint density at radius 1 is 1.14 bits per heavy atom. The zero-order chi connectivity index (χ0) is 26.2. The standard InChI is InChI=1S/C27H26N6O3S/c1-16-7-8-17(23(34)28-2)14-21(16)32-26-29-11-9-20(31-26)22-15-37-24(30-22)18-5-4-6-19(13-18)27(36)10-12-33(3)25(27)35/h4-9,11,13-15,36H,10,12H2,1-3H3,(H,28,34)(H,29,31,32)/t27-/m1/s1. The first kappa shape index (κ1) is 24.5. The maximum absolute atomic E-state index is 12.5. The molecule has 1 atom stereocenters. The van der Waals surface area contributed by atoms with Crippen molar-refractivity contribution in [3.05, 3.63) is 76.8 Å². The molecule has 2 aromatic carbocycles. The Kier molecular flexibility index (Phi) is 6.45. The van der Waals surface area contributed by atoms with Gasteiger partial charge in [0.05, 0.1) is 5.69 Å². The minimum atomic E-state index is -1.51. The molecule has 3 N–H and O–H groups in total. The van der Waals surface area contributed by atoms with E-state index in [2.05, 4.69) is 20.6 Å². The quantitative estimate of drug-likeness (QED) is 0.359. The van der Waals surface area contributed by atoms with Crippen LogP contribution < -0.4 is 10.6 Å². The van der Waals surface area contributed by atoms with Crippen molar-refractivity contribution in [1.29, 1.82) is 0 Å². The van der Waals surface area contributed by atoms with E-state index in [1.807, 2.05) is 36.6 Å². The number of rotatable bonds is 6. The number of aromatic nitrogens is 3. The minimum absolute atomic E-state index is 0.173. The molecule has 5 rings (SSSR count). The van der Waals surface area contributed by atoms with Crippen LogP contribution in [0.3, 0.4) is 0 Å². The van der Waals surface area contributed by atoms with Gasteiger partial charge in [0, 0.05) is 55.5 Å². The Labute approximate surface area is 218 Å². The van der Waals surface area contributed by atoms with Crippen LogP contribution in [-0.4, -0.2) is 57.4 Å². The predicted molar refractivity (Wildman–Crippen MR) is 143 cm³/mol. The number of nitrogens with one attached hydrogen (secondary N) is 2. The second-order valence-electron chi connectivity index (χ2n) is 8.95. The summed E-state index contributed by atoms with van der Waals surface area (Å²) in [4.78, 5) is 39.8. The van der Waals surface area contributed by atoms with Crippen molar-refractivity contribution in [2.24, 2.45) is 0 Å². The van der Waals surface area contributed by atoms with Crippen molar-refractivity contribution in [2.45, 2.75) is 18.9 Å². The number of aliphatic hydroxyl groups is 1. The average molecular weight is 515 g/mol. The van der Waals surface area contributed by atoms with E-state index < -0.39 is 5.60 Å². The van der Waals surface area contributed by atoms with Gasteiger partial charge in [-0.25, -0.2) is 15.0 Å². The second kappa shape index (κ2) is 9.72. The zero-order valence-corrected chi connectivity index (χ0v) is 21.5. The lowest BCUT2D eigenvalue weighted by Crippen LogP contribution is -2.36. The number of benzene rings is 2. The molecule has 1 aliphatic heterocycles. The topological polar surface area (TPSA) is 120 Å². The van der Waals surface area contributed by atoms with E-state index in [1.54, 1.807) is 49.5 Å². The summed E-state index contributed by atoms with van der Waals surface area (Å²) in [5, 5.41) is 19.5. The van der Waals surface area contributed by atoms with Gasteiger partial charge in [0.2, 0.25) is 5.95 Å². The van der Waals surface area contributed by atoms with Crippen LogP contribution in [0.4, 0.5) is 11.6 Å². The van der Waals surface area contributed by atoms with Crippen molar-refractivity contribution >= 4 is 34.8 Å². The molecule has 2 aromatic heterocycles. The number of amides is 2. The fourth-order valence-corrected chi connectivity index (χ4v) is 5.09. The maximum atomic E-state index is 12.5. The molecule has 3 heterocycles. The molecule has 0 aliphatic carbocycles. The van der Waals surface area contributed by atoms with Crippen LogP contribution >= 0.6 is 11.3 Å². The number of hydrogen-bond acceptors (Lipinski definition) is 8. The molecular formula is C27H26N6O3S. The monoisotopic (exact) mass is 514 g/mol. The van der Waals surface area contributed by atoms with Crippen molar-refractivity contribution in [2.75, 3.05) is 26.0 Å². The summed E-state index contributed by atoms with van der Waals surface area (Å²) in [5.41, 5.74) is 3.42. The van der Waals surface area contributed by atoms with E-state index in [0.29, 0.717) is 41.4 Å². The summed E-state index contributed by atoms with van der Waals surface area (Å²) in [7, 11) is 3.29. The lowest BCUT2D eigenvalue weighted by molar-refractivity contribution is -0.143. The van der Waals surface area contributed by atoms with Crippen molar-refractivity contribution in [3.63, 3.8) is 0 Å². The van der Waals surface area contributed by atoms with Gasteiger partial charge in [0.15, 0.2) is 5.60 Å². The van der Waals surface area contributed by atoms with E-state index in [9.17, 15) is 14.7 Å². The Bertz CT molecular complexity index is 1500. The Hall–Kier alpha value is -4.15. The normalized spacial score (nSPS) is 17.2. The van der Waals surface area contributed by atoms with E-state index in [4.69, 9.17) is 4.98 Å². The number of likely N-dealkylation sites (N-methyl/N-ethyl adjacent to an activating group) is 1. The van der Waals surface area contributed by atoms with Gasteiger partial charge in [-0.15, -0.1) is 11.3 Å². The number of aryl methyl sites for hydroxylation is 1. The molecule has 1 saturated heterocycles. The predicted octanol–water partition coefficient (Wildman–Crippen LogP) is 3.73. The largest absolute Gasteiger partial charge is 0.375 e. The second-order valence-corrected chi connectivity index (χ2v) is 9.81. The van der Waals surface area contributed by atoms with Gasteiger partial charge in [-0.3, -0.25) is 9.59 Å². The first-order valence-corrected chi connectivity index (χ1v) is 12.6. The average Bonchev–Trinajstić information content (AvgIpc) is 3.52. The highest BCUT2D eigenvalue weighted by Gasteiger charge is 2.45. The molecule has 1 aliphatic rings. The zero-order valence-electron chi connectivity index (χ0n) is 20.6. The van der Waals surface area contributed by atoms with Gasteiger partial charge < -0.3 is 20.6 Å². The summed E-state index contributed by atoms with van der Waals surface area (Å²) < 4.78 is 0. The van der Waals surface area contributed by atoms with Gasteiger partial charge in [-0.1, -0.05) is 24.3 Å². The smallest absolute Gasteiger partial charge is 0.258 e. The molecule has 0 radical (unpaired) electrons. The van der Waals surface area contributed by atoms with E-state index in [-0.39, 0.29) is 11.8 Å². The molecule has 0 saturated carbocycles. The van der Waals surface area contributed by atoms with Crippen molar-refractivity contribution in [3.8, 4) is 22.0 Å². The van der Waals surface area contributed by atoms with Gasteiger partial charge in [-0.05, 0) is 42.3 Å². The molecule has 188 valence electrons. The number of nitrogens with zero attached hydrogens (tertiary/aromatic N) is 4. The number of thiazole rings is 1. The number of likely N-dealkylation sites (tertiary alicyclic amines) is 1. The molecule has 1 fully saturated rings. The number of anilines is 2. The Morgan fingerprint density at radius 2 is 1.97 bits per heavy atom. The highest BCUT2D eigenvalue weighted by Crippen LogP contribution is 2.36. The third-order valence-corrected chi connectivity index (χ3v) is 7.38. The molecule has 4 aromatic rings. The maximum Gasteiger partial charge on any atom is 0.258 e. The van der Waals surface area contributed by atoms with Crippen LogP contribution in [0.5, 0.6) is 0 Å². The summed E-state index contributed by atoms with van der Waals surface area (Å²) in [6, 6.07) is 14.5. The molecule has 2 amide bonds. The minimum Gasteiger partial charge on any atom is -0.375 e. The van der Waals surface area contributed by atoms with Crippen LogP contribution in [0.1, 0.15) is 27.9 Å². The third-order valence-electron chi connectivity index (χ3n) is 6.49. The van der Waals surface area contributed by atoms with Gasteiger partial charge in [-0.2, -0.15) is 0 Å². The van der Waals surface area contributed by atoms with Crippen LogP contribution in [-0.2, 0) is 10.4 Å². The Morgan fingerprint density at radius 3 is 2.73 bits per heavy atom. The first-order valence-electron chi connectivity index (χ1n) is 11.8. The van der Waals surface area contributed by atoms with Crippen LogP contribution in [0.2, 0.25) is 0 Å². The number of carbonyl (C=O) groups excluding carboxylic acids is 2. The molecule has 10 heteroatoms. The SMILES string of the molecule is CNC(=O)c1ccc(C)c(Nc2nccc(-c3csc(-c4cccc([C@]5(O)CCN(C)C5=O)c4)n3)n2)c1. The molecule has 37 heavy (non-hydrogen) atoms. The summed E-state index contributed by atoms with van der Waals surface area (Å²) >= 11 is 1.46. The number of hydrogen-bond donors (Lipinski definition) is 3. The lowest BCUT2D eigenvalue weighted by atomic mass is 9.91. The highest BCUT2D eigenvalue weighted by atomic mass is 32.1. The van der Waals surface area contributed by atoms with E-state index >= 15 is 0 Å². The molecule has 9 nitrogen and oxygen atoms in total. The van der Waals surface area contributed by atoms with Gasteiger partial charge in [0.1, 0.15) is 10.7 Å². The summed E-state index contributed by atoms with van der Waals surface area (Å²) in [5.74, 6) is -0.0768. The molecule has 0 unspecified atom stereocenters. The first-order chi connectivity index (χ1) is 17.8. The molecule has 0 bridgehead atoms. The van der Waals surface area contributed by atoms with Crippen molar-refractivity contribution < 1.29 is 14.7 Å². The fourth-order valence-electron chi connectivity index (χ4n) is 4.28. The third kappa shape index (κ3) is 4.68. The lowest BCUT2D eigenvalue weighted by Gasteiger charge is -2.21. The summed E-state index contributed by atoms with van der Waals surface area (Å²) in [6.07, 6.45) is 2.01. The fraction of sp³-hybridized carbons (Fsp3) is 0.222. The van der Waals surface area contributed by atoms with E-state index in [1.165, 1.54) is 11.3 Å². The summed E-state index contributed by atoms with van der Waals surface area (Å²) in [6.45, 7) is 2.45. The van der Waals surface area contributed by atoms with Crippen LogP contribution in [0, 0.1) is 6.92 Å². The Balaban J connectivity index is 1.40. The van der Waals surface area contributed by atoms with E-state index in [0.717, 1.165) is 21.8 Å².